The largest absolute Gasteiger partial charge is 0.399 e. The minimum absolute atomic E-state index is 0.0481. The molecule has 1 saturated heterocycles. The Hall–Kier alpha value is -0.250. The molecule has 1 heterocycles. The van der Waals surface area contributed by atoms with Crippen LogP contribution in [0.4, 0.5) is 0 Å². The average Bonchev–Trinajstić information content (AvgIpc) is 2.16. The van der Waals surface area contributed by atoms with Gasteiger partial charge in [0.2, 0.25) is 0 Å². The predicted octanol–water partition coefficient (Wildman–Crippen LogP) is -1.44. The highest BCUT2D eigenvalue weighted by Gasteiger charge is 2.35. The predicted molar refractivity (Wildman–Crippen MR) is 56.9 cm³/mol. The van der Waals surface area contributed by atoms with Gasteiger partial charge in [-0.05, 0) is 6.92 Å². The minimum Gasteiger partial charge on any atom is -0.391 e. The Balaban J connectivity index is 2.64. The van der Waals surface area contributed by atoms with E-state index in [2.05, 4.69) is 9.50 Å². The van der Waals surface area contributed by atoms with Gasteiger partial charge in [-0.25, -0.2) is 4.18 Å². The van der Waals surface area contributed by atoms with Crippen molar-refractivity contribution in [3.8, 4) is 0 Å². The summed E-state index contributed by atoms with van der Waals surface area (Å²) < 4.78 is 34.9. The van der Waals surface area contributed by atoms with Crippen molar-refractivity contribution in [2.75, 3.05) is 39.3 Å². The first-order chi connectivity index (χ1) is 7.41. The highest BCUT2D eigenvalue weighted by Crippen LogP contribution is 2.13. The van der Waals surface area contributed by atoms with E-state index in [1.54, 1.807) is 0 Å². The van der Waals surface area contributed by atoms with E-state index < -0.39 is 16.6 Å². The lowest BCUT2D eigenvalue weighted by Crippen LogP contribution is -2.64. The Labute approximate surface area is 95.6 Å². The second-order valence-electron chi connectivity index (χ2n) is 3.98. The Morgan fingerprint density at radius 1 is 1.56 bits per heavy atom. The van der Waals surface area contributed by atoms with Crippen LogP contribution in [0.5, 0.6) is 0 Å². The molecule has 0 aromatic rings. The number of aliphatic hydroxyl groups excluding tert-OH is 1. The molecule has 0 aromatic carbocycles. The molecule has 7 nitrogen and oxygen atoms in total. The Kier molecular flexibility index (Phi) is 4.65. The smallest absolute Gasteiger partial charge is 0.391 e. The van der Waals surface area contributed by atoms with Gasteiger partial charge in [0.05, 0.1) is 19.7 Å². The number of hydrogen-bond acceptors (Lipinski definition) is 5. The fraction of sp³-hybridized carbons (Fsp3) is 1.00. The number of piperazine rings is 1. The van der Waals surface area contributed by atoms with E-state index in [-0.39, 0.29) is 6.61 Å². The number of nitrogens with zero attached hydrogens (tertiary/aromatic N) is 1. The number of rotatable bonds is 5. The van der Waals surface area contributed by atoms with Crippen LogP contribution in [0.25, 0.3) is 0 Å². The van der Waals surface area contributed by atoms with Crippen molar-refractivity contribution in [2.24, 2.45) is 0 Å². The standard InChI is InChI=1S/C8H18N2O5S/c1-2-10(5-6-11)4-3-9-8(7-10)15-16(12,13)14/h8-9,11H,2-7H2,1H3/p+1. The van der Waals surface area contributed by atoms with Gasteiger partial charge in [-0.2, -0.15) is 8.42 Å². The van der Waals surface area contributed by atoms with Crippen LogP contribution in [0.15, 0.2) is 0 Å². The van der Waals surface area contributed by atoms with Crippen molar-refractivity contribution in [1.82, 2.24) is 5.32 Å². The Bertz CT molecular complexity index is 316. The topological polar surface area (TPSA) is 95.9 Å². The molecule has 0 radical (unpaired) electrons. The van der Waals surface area contributed by atoms with Crippen molar-refractivity contribution < 1.29 is 26.7 Å². The SMILES string of the molecule is CC[N+]1(CCO)CCNC(OS(=O)(=O)O)C1. The molecule has 0 amide bonds. The second kappa shape index (κ2) is 5.39. The van der Waals surface area contributed by atoms with Crippen molar-refractivity contribution in [3.05, 3.63) is 0 Å². The van der Waals surface area contributed by atoms with Crippen LogP contribution in [0, 0.1) is 0 Å². The van der Waals surface area contributed by atoms with Gasteiger partial charge >= 0.3 is 10.4 Å². The zero-order chi connectivity index (χ0) is 12.2. The summed E-state index contributed by atoms with van der Waals surface area (Å²) in [7, 11) is -4.43. The Morgan fingerprint density at radius 2 is 2.25 bits per heavy atom. The molecule has 0 aliphatic carbocycles. The van der Waals surface area contributed by atoms with E-state index in [9.17, 15) is 8.42 Å². The summed E-state index contributed by atoms with van der Waals surface area (Å²) >= 11 is 0. The molecule has 1 rings (SSSR count). The molecule has 16 heavy (non-hydrogen) atoms. The van der Waals surface area contributed by atoms with Gasteiger partial charge in [0.25, 0.3) is 0 Å². The maximum atomic E-state index is 10.6. The lowest BCUT2D eigenvalue weighted by molar-refractivity contribution is -0.932. The van der Waals surface area contributed by atoms with Gasteiger partial charge in [-0.3, -0.25) is 9.87 Å². The van der Waals surface area contributed by atoms with Crippen molar-refractivity contribution in [2.45, 2.75) is 13.2 Å². The van der Waals surface area contributed by atoms with E-state index in [1.807, 2.05) is 6.92 Å². The third-order valence-electron chi connectivity index (χ3n) is 2.99. The van der Waals surface area contributed by atoms with E-state index in [4.69, 9.17) is 9.66 Å². The van der Waals surface area contributed by atoms with Crippen LogP contribution >= 0.6 is 0 Å². The van der Waals surface area contributed by atoms with Crippen LogP contribution in [0.3, 0.4) is 0 Å². The molecule has 3 N–H and O–H groups in total. The number of nitrogens with one attached hydrogen (secondary N) is 1. The molecule has 2 atom stereocenters. The summed E-state index contributed by atoms with van der Waals surface area (Å²) in [6.07, 6.45) is -0.727. The van der Waals surface area contributed by atoms with Gasteiger partial charge < -0.3 is 9.59 Å². The van der Waals surface area contributed by atoms with Gasteiger partial charge in [0.15, 0.2) is 6.23 Å². The first-order valence-corrected chi connectivity index (χ1v) is 6.62. The summed E-state index contributed by atoms with van der Waals surface area (Å²) in [6.45, 7) is 5.18. The molecule has 1 fully saturated rings. The summed E-state index contributed by atoms with van der Waals surface area (Å²) in [5.74, 6) is 0. The monoisotopic (exact) mass is 255 g/mol. The number of hydrogen-bond donors (Lipinski definition) is 3. The molecule has 8 heteroatoms. The molecule has 2 unspecified atom stereocenters. The van der Waals surface area contributed by atoms with E-state index in [1.165, 1.54) is 0 Å². The van der Waals surface area contributed by atoms with Gasteiger partial charge in [-0.15, -0.1) is 0 Å². The maximum absolute atomic E-state index is 10.6. The van der Waals surface area contributed by atoms with Crippen LogP contribution in [0.2, 0.25) is 0 Å². The highest BCUT2D eigenvalue weighted by molar-refractivity contribution is 7.80. The molecule has 0 aromatic heterocycles. The molecule has 0 spiro atoms. The lowest BCUT2D eigenvalue weighted by Gasteiger charge is -2.43. The van der Waals surface area contributed by atoms with Crippen molar-refractivity contribution >= 4 is 10.4 Å². The quantitative estimate of drug-likeness (QED) is 0.411. The normalized spacial score (nSPS) is 31.6. The zero-order valence-corrected chi connectivity index (χ0v) is 10.1. The van der Waals surface area contributed by atoms with Crippen LogP contribution in [-0.2, 0) is 14.6 Å². The van der Waals surface area contributed by atoms with Crippen LogP contribution in [0.1, 0.15) is 6.92 Å². The zero-order valence-electron chi connectivity index (χ0n) is 9.29. The maximum Gasteiger partial charge on any atom is 0.399 e. The Morgan fingerprint density at radius 3 is 2.75 bits per heavy atom. The van der Waals surface area contributed by atoms with Gasteiger partial charge in [0.1, 0.15) is 13.1 Å². The van der Waals surface area contributed by atoms with Crippen molar-refractivity contribution in [1.29, 1.82) is 0 Å². The summed E-state index contributed by atoms with van der Waals surface area (Å²) in [4.78, 5) is 0. The molecular formula is C8H19N2O5S+. The second-order valence-corrected chi connectivity index (χ2v) is 5.03. The van der Waals surface area contributed by atoms with E-state index >= 15 is 0 Å². The third kappa shape index (κ3) is 3.96. The molecular weight excluding hydrogens is 236 g/mol. The molecule has 1 aliphatic rings. The highest BCUT2D eigenvalue weighted by atomic mass is 32.3. The minimum atomic E-state index is -4.43. The molecule has 0 bridgehead atoms. The van der Waals surface area contributed by atoms with Crippen LogP contribution in [-0.4, -0.2) is 68.1 Å². The average molecular weight is 255 g/mol. The summed E-state index contributed by atoms with van der Waals surface area (Å²) in [6, 6.07) is 0. The molecule has 1 aliphatic heterocycles. The molecule has 0 saturated carbocycles. The summed E-state index contributed by atoms with van der Waals surface area (Å²) in [5.41, 5.74) is 0. The van der Waals surface area contributed by atoms with Crippen molar-refractivity contribution in [3.63, 3.8) is 0 Å². The first kappa shape index (κ1) is 13.8. The van der Waals surface area contributed by atoms with Crippen LogP contribution < -0.4 is 5.32 Å². The fourth-order valence-corrected chi connectivity index (χ4v) is 2.46. The fourth-order valence-electron chi connectivity index (χ4n) is 2.04. The van der Waals surface area contributed by atoms with E-state index in [0.717, 1.165) is 13.1 Å². The van der Waals surface area contributed by atoms with Gasteiger partial charge in [-0.1, -0.05) is 0 Å². The summed E-state index contributed by atoms with van der Waals surface area (Å²) in [5, 5.41) is 11.9. The lowest BCUT2D eigenvalue weighted by atomic mass is 10.2. The first-order valence-electron chi connectivity index (χ1n) is 5.26. The number of likely N-dealkylation sites (N-methyl/N-ethyl adjacent to an activating group) is 1. The van der Waals surface area contributed by atoms with Gasteiger partial charge in [0, 0.05) is 6.54 Å². The van der Waals surface area contributed by atoms with E-state index in [0.29, 0.717) is 24.1 Å². The third-order valence-corrected chi connectivity index (χ3v) is 3.47. The number of quaternary nitrogens is 1. The number of aliphatic hydroxyl groups is 1. The molecule has 96 valence electrons.